The molecule has 0 aliphatic heterocycles. The summed E-state index contributed by atoms with van der Waals surface area (Å²) in [5.41, 5.74) is 0. The third kappa shape index (κ3) is 20.5. The Labute approximate surface area is 86.8 Å². The fraction of sp³-hybridized carbons (Fsp3) is 0. The summed E-state index contributed by atoms with van der Waals surface area (Å²) in [7, 11) is 0. The minimum absolute atomic E-state index is 0. The van der Waals surface area contributed by atoms with Gasteiger partial charge in [-0.15, -0.1) is 0 Å². The topological polar surface area (TPSA) is 31.5 Å². The molecule has 0 aromatic carbocycles. The van der Waals surface area contributed by atoms with E-state index in [4.69, 9.17) is 0 Å². The quantitative estimate of drug-likeness (QED) is 0.364. The van der Waals surface area contributed by atoms with E-state index < -0.39 is 0 Å². The summed E-state index contributed by atoms with van der Waals surface area (Å²) in [5.74, 6) is 0. The molecule has 0 heterocycles. The Morgan fingerprint density at radius 2 is 1.00 bits per heavy atom. The summed E-state index contributed by atoms with van der Waals surface area (Å²) >= 11 is 0. The number of hydrogen-bond donors (Lipinski definition) is 0. The van der Waals surface area contributed by atoms with Crippen molar-refractivity contribution in [2.45, 2.75) is 0 Å². The number of hydrogen-bond acceptors (Lipinski definition) is 0. The Morgan fingerprint density at radius 3 is 1.00 bits per heavy atom. The van der Waals surface area contributed by atoms with Crippen LogP contribution in [0, 0.1) is 0 Å². The summed E-state index contributed by atoms with van der Waals surface area (Å²) in [5, 5.41) is 0. The van der Waals surface area contributed by atoms with E-state index in [0.29, 0.717) is 0 Å². The molecular weight excluding hydrogens is 533 g/mol. The zero-order valence-electron chi connectivity index (χ0n) is 2.14. The van der Waals surface area contributed by atoms with Gasteiger partial charge in [0, 0.05) is 82.6 Å². The van der Waals surface area contributed by atoms with Crippen LogP contribution < -0.4 is 0 Å². The Kier molecular flexibility index (Phi) is 294. The molecule has 0 atom stereocenters. The third-order valence-electron chi connectivity index (χ3n) is 0. The molecule has 0 spiro atoms. The minimum Gasteiger partial charge on any atom is -0.412 e. The van der Waals surface area contributed by atoms with Gasteiger partial charge in [-0.2, -0.15) is 0 Å². The fourth-order valence-corrected chi connectivity index (χ4v) is 0. The van der Waals surface area contributed by atoms with Gasteiger partial charge in [-0.1, -0.05) is 0 Å². The molecule has 0 saturated carbocycles. The largest absolute Gasteiger partial charge is 0.412 e. The van der Waals surface area contributed by atoms with E-state index >= 15 is 0 Å². The van der Waals surface area contributed by atoms with Crippen molar-refractivity contribution in [1.29, 1.82) is 0 Å². The molecule has 0 fully saturated rings. The average Bonchev–Trinajstić information content (AvgIpc) is 0. The zero-order chi connectivity index (χ0) is 0. The molecule has 0 saturated heterocycles. The van der Waals surface area contributed by atoms with Gasteiger partial charge in [0.2, 0.25) is 0 Å². The molecule has 0 bridgehead atoms. The standard InChI is InChI=1S/Co.Nb.H2O.Ta.W/h;;1H2;;. The molecule has 0 aliphatic carbocycles. The second kappa shape index (κ2) is 30.3. The SMILES string of the molecule is O.[Co].[Nb].[Ta].[W]. The molecule has 0 amide bonds. The first-order chi connectivity index (χ1) is 0. The first-order valence-corrected chi connectivity index (χ1v) is 0. The molecule has 3 radical (unpaired) electrons. The summed E-state index contributed by atoms with van der Waals surface area (Å²) < 4.78 is 0. The molecule has 0 rings (SSSR count). The van der Waals surface area contributed by atoms with Crippen LogP contribution in [-0.4, -0.2) is 5.48 Å². The third-order valence-corrected chi connectivity index (χ3v) is 0. The van der Waals surface area contributed by atoms with E-state index in [9.17, 15) is 0 Å². The minimum atomic E-state index is 0. The van der Waals surface area contributed by atoms with E-state index in [0.717, 1.165) is 0 Å². The second-order valence-electron chi connectivity index (χ2n) is 0. The maximum Gasteiger partial charge on any atom is 0 e. The van der Waals surface area contributed by atoms with Crippen LogP contribution in [-0.2, 0) is 82.6 Å². The smallest absolute Gasteiger partial charge is 0 e. The van der Waals surface area contributed by atoms with Gasteiger partial charge >= 0.3 is 0 Å². The molecule has 0 aliphatic rings. The average molecular weight is 535 g/mol. The van der Waals surface area contributed by atoms with Crippen molar-refractivity contribution in [3.8, 4) is 0 Å². The predicted octanol–water partition coefficient (Wildman–Crippen LogP) is -0.835. The molecule has 2 N–H and O–H groups in total. The van der Waals surface area contributed by atoms with Crippen molar-refractivity contribution >= 4 is 0 Å². The molecule has 33 valence electrons. The van der Waals surface area contributed by atoms with Gasteiger partial charge in [-0.05, 0) is 0 Å². The van der Waals surface area contributed by atoms with Crippen molar-refractivity contribution < 1.29 is 88.1 Å². The van der Waals surface area contributed by atoms with Gasteiger partial charge in [0.1, 0.15) is 0 Å². The van der Waals surface area contributed by atoms with Gasteiger partial charge in [0.05, 0.1) is 0 Å². The Hall–Kier alpha value is 2.64. The van der Waals surface area contributed by atoms with E-state index in [1.165, 1.54) is 0 Å². The van der Waals surface area contributed by atoms with Crippen molar-refractivity contribution in [2.75, 3.05) is 0 Å². The normalized spacial score (nSPS) is 0. The number of rotatable bonds is 0. The van der Waals surface area contributed by atoms with Crippen LogP contribution in [0.25, 0.3) is 0 Å². The van der Waals surface area contributed by atoms with Crippen LogP contribution in [0.2, 0.25) is 0 Å². The maximum absolute atomic E-state index is 0. The van der Waals surface area contributed by atoms with Crippen molar-refractivity contribution in [3.63, 3.8) is 0 Å². The second-order valence-corrected chi connectivity index (χ2v) is 0. The van der Waals surface area contributed by atoms with E-state index in [1.807, 2.05) is 0 Å². The Morgan fingerprint density at radius 1 is 1.00 bits per heavy atom. The van der Waals surface area contributed by atoms with Gasteiger partial charge in [-0.25, -0.2) is 0 Å². The summed E-state index contributed by atoms with van der Waals surface area (Å²) in [6.07, 6.45) is 0. The van der Waals surface area contributed by atoms with Crippen molar-refractivity contribution in [3.05, 3.63) is 0 Å². The summed E-state index contributed by atoms with van der Waals surface area (Å²) in [6, 6.07) is 0. The van der Waals surface area contributed by atoms with Gasteiger partial charge in [-0.3, -0.25) is 0 Å². The van der Waals surface area contributed by atoms with E-state index in [-0.39, 0.29) is 88.1 Å². The molecule has 0 unspecified atom stereocenters. The first-order valence-electron chi connectivity index (χ1n) is 0. The van der Waals surface area contributed by atoms with Gasteiger partial charge < -0.3 is 5.48 Å². The van der Waals surface area contributed by atoms with E-state index in [2.05, 4.69) is 0 Å². The van der Waals surface area contributed by atoms with Gasteiger partial charge in [0.25, 0.3) is 0 Å². The molecule has 0 aromatic heterocycles. The van der Waals surface area contributed by atoms with Gasteiger partial charge in [0.15, 0.2) is 0 Å². The van der Waals surface area contributed by atoms with Crippen LogP contribution in [0.1, 0.15) is 0 Å². The maximum atomic E-state index is 0. The van der Waals surface area contributed by atoms with Crippen LogP contribution in [0.5, 0.6) is 0 Å². The molecule has 1 nitrogen and oxygen atoms in total. The fourth-order valence-electron chi connectivity index (χ4n) is 0. The summed E-state index contributed by atoms with van der Waals surface area (Å²) in [4.78, 5) is 0. The molecular formula is H2CoNbOTaW. The van der Waals surface area contributed by atoms with Crippen LogP contribution in [0.15, 0.2) is 0 Å². The predicted molar refractivity (Wildman–Crippen MR) is 3.61 cm³/mol. The Bertz CT molecular complexity index is 11.6. The monoisotopic (exact) mass is 535 g/mol. The molecule has 5 heteroatoms. The van der Waals surface area contributed by atoms with Crippen molar-refractivity contribution in [1.82, 2.24) is 0 Å². The zero-order valence-corrected chi connectivity index (χ0v) is 11.5. The van der Waals surface area contributed by atoms with E-state index in [1.54, 1.807) is 0 Å². The van der Waals surface area contributed by atoms with Crippen molar-refractivity contribution in [2.24, 2.45) is 0 Å². The molecule has 5 heavy (non-hydrogen) atoms. The van der Waals surface area contributed by atoms with Crippen LogP contribution in [0.3, 0.4) is 0 Å². The molecule has 0 aromatic rings. The Balaban J connectivity index is 0. The van der Waals surface area contributed by atoms with Crippen LogP contribution >= 0.6 is 0 Å². The first kappa shape index (κ1) is 48.4. The summed E-state index contributed by atoms with van der Waals surface area (Å²) in [6.45, 7) is 0. The van der Waals surface area contributed by atoms with Crippen LogP contribution in [0.4, 0.5) is 0 Å².